The fourth-order valence-corrected chi connectivity index (χ4v) is 2.43. The summed E-state index contributed by atoms with van der Waals surface area (Å²) in [5.74, 6) is 0.269. The number of phenolic OH excluding ortho intramolecular Hbond substituents is 1. The maximum atomic E-state index is 11.7. The van der Waals surface area contributed by atoms with Crippen molar-refractivity contribution in [3.63, 3.8) is 0 Å². The first-order chi connectivity index (χ1) is 10.1. The summed E-state index contributed by atoms with van der Waals surface area (Å²) in [6, 6.07) is 8.72. The molecule has 0 aliphatic carbocycles. The molecule has 0 spiro atoms. The molecule has 0 unspecified atom stereocenters. The number of ether oxygens (including phenoxy) is 1. The third-order valence-electron chi connectivity index (χ3n) is 2.86. The summed E-state index contributed by atoms with van der Waals surface area (Å²) in [5.41, 5.74) is 3.92. The fraction of sp³-hybridized carbons (Fsp3) is 0.200. The lowest BCUT2D eigenvalue weighted by molar-refractivity contribution is -0.120. The molecule has 0 aliphatic rings. The second kappa shape index (κ2) is 6.90. The number of nitrogens with one attached hydrogen (secondary N) is 1. The number of benzene rings is 1. The third-order valence-corrected chi connectivity index (χ3v) is 3.74. The first-order valence-electron chi connectivity index (χ1n) is 6.33. The minimum Gasteiger partial charge on any atom is -0.504 e. The Morgan fingerprint density at radius 2 is 2.24 bits per heavy atom. The van der Waals surface area contributed by atoms with Crippen LogP contribution in [0.4, 0.5) is 0 Å². The Morgan fingerprint density at radius 1 is 1.43 bits per heavy atom. The zero-order valence-corrected chi connectivity index (χ0v) is 12.6. The molecule has 5 nitrogen and oxygen atoms in total. The Kier molecular flexibility index (Phi) is 4.94. The summed E-state index contributed by atoms with van der Waals surface area (Å²) < 4.78 is 5.04. The van der Waals surface area contributed by atoms with Gasteiger partial charge < -0.3 is 9.84 Å². The summed E-state index contributed by atoms with van der Waals surface area (Å²) in [6.07, 6.45) is 0.313. The third kappa shape index (κ3) is 4.06. The lowest BCUT2D eigenvalue weighted by Crippen LogP contribution is -2.20. The Labute approximate surface area is 126 Å². The maximum absolute atomic E-state index is 11.7. The van der Waals surface area contributed by atoms with Gasteiger partial charge in [-0.2, -0.15) is 5.10 Å². The van der Waals surface area contributed by atoms with Crippen molar-refractivity contribution in [2.45, 2.75) is 13.3 Å². The fourth-order valence-electron chi connectivity index (χ4n) is 1.72. The number of methoxy groups -OCH3 is 1. The minimum atomic E-state index is -0.164. The van der Waals surface area contributed by atoms with E-state index in [1.165, 1.54) is 24.5 Å². The Balaban J connectivity index is 2.02. The van der Waals surface area contributed by atoms with Crippen molar-refractivity contribution >= 4 is 23.0 Å². The van der Waals surface area contributed by atoms with Crippen LogP contribution in [0.5, 0.6) is 11.5 Å². The average Bonchev–Trinajstić information content (AvgIpc) is 2.98. The molecular formula is C15H16N2O3S. The van der Waals surface area contributed by atoms with Crippen LogP contribution in [0.25, 0.3) is 0 Å². The van der Waals surface area contributed by atoms with Gasteiger partial charge in [-0.05, 0) is 36.6 Å². The molecule has 2 N–H and O–H groups in total. The standard InChI is InChI=1S/C15H16N2O3S/c1-10(11-5-6-13(18)14(8-11)20-2)16-17-15(19)9-12-4-3-7-21-12/h3-8,18H,9H2,1-2H3,(H,17,19)/b16-10+. The van der Waals surface area contributed by atoms with Crippen LogP contribution in [0.1, 0.15) is 17.4 Å². The van der Waals surface area contributed by atoms with Gasteiger partial charge in [0.05, 0.1) is 19.2 Å². The van der Waals surface area contributed by atoms with E-state index in [1.807, 2.05) is 17.5 Å². The molecule has 0 radical (unpaired) electrons. The van der Waals surface area contributed by atoms with Crippen molar-refractivity contribution in [1.29, 1.82) is 0 Å². The van der Waals surface area contributed by atoms with Crippen molar-refractivity contribution in [3.05, 3.63) is 46.2 Å². The molecule has 2 aromatic rings. The lowest BCUT2D eigenvalue weighted by Gasteiger charge is -2.06. The van der Waals surface area contributed by atoms with Gasteiger partial charge in [0.15, 0.2) is 11.5 Å². The summed E-state index contributed by atoms with van der Waals surface area (Å²) >= 11 is 1.53. The molecule has 0 saturated heterocycles. The predicted molar refractivity (Wildman–Crippen MR) is 83.0 cm³/mol. The van der Waals surface area contributed by atoms with Gasteiger partial charge in [-0.1, -0.05) is 6.07 Å². The number of carbonyl (C=O) groups is 1. The van der Waals surface area contributed by atoms with E-state index < -0.39 is 0 Å². The smallest absolute Gasteiger partial charge is 0.245 e. The van der Waals surface area contributed by atoms with Gasteiger partial charge in [-0.3, -0.25) is 4.79 Å². The van der Waals surface area contributed by atoms with Crippen LogP contribution >= 0.6 is 11.3 Å². The van der Waals surface area contributed by atoms with Crippen LogP contribution in [-0.2, 0) is 11.2 Å². The monoisotopic (exact) mass is 304 g/mol. The zero-order valence-electron chi connectivity index (χ0n) is 11.8. The van der Waals surface area contributed by atoms with Crippen LogP contribution in [0.15, 0.2) is 40.8 Å². The molecule has 0 atom stereocenters. The second-order valence-electron chi connectivity index (χ2n) is 4.37. The summed E-state index contributed by atoms with van der Waals surface area (Å²) in [5, 5.41) is 15.5. The average molecular weight is 304 g/mol. The molecule has 0 aliphatic heterocycles. The highest BCUT2D eigenvalue weighted by Gasteiger charge is 2.06. The van der Waals surface area contributed by atoms with Gasteiger partial charge in [-0.15, -0.1) is 11.3 Å². The van der Waals surface area contributed by atoms with Gasteiger partial charge in [0.1, 0.15) is 0 Å². The highest BCUT2D eigenvalue weighted by Crippen LogP contribution is 2.26. The predicted octanol–water partition coefficient (Wildman–Crippen LogP) is 2.55. The van der Waals surface area contributed by atoms with E-state index in [-0.39, 0.29) is 11.7 Å². The van der Waals surface area contributed by atoms with E-state index in [2.05, 4.69) is 10.5 Å². The molecule has 110 valence electrons. The molecule has 0 saturated carbocycles. The molecule has 1 aromatic heterocycles. The highest BCUT2D eigenvalue weighted by atomic mass is 32.1. The van der Waals surface area contributed by atoms with E-state index in [0.717, 1.165) is 10.4 Å². The number of phenols is 1. The molecule has 21 heavy (non-hydrogen) atoms. The normalized spacial score (nSPS) is 11.2. The van der Waals surface area contributed by atoms with E-state index in [9.17, 15) is 9.90 Å². The van der Waals surface area contributed by atoms with Crippen LogP contribution in [0.3, 0.4) is 0 Å². The zero-order chi connectivity index (χ0) is 15.2. The van der Waals surface area contributed by atoms with Crippen molar-refractivity contribution < 1.29 is 14.6 Å². The molecule has 1 aromatic carbocycles. The van der Waals surface area contributed by atoms with Gasteiger partial charge in [0, 0.05) is 10.4 Å². The first-order valence-corrected chi connectivity index (χ1v) is 7.21. The van der Waals surface area contributed by atoms with Crippen molar-refractivity contribution in [1.82, 2.24) is 5.43 Å². The first kappa shape index (κ1) is 15.1. The molecule has 6 heteroatoms. The van der Waals surface area contributed by atoms with Crippen LogP contribution < -0.4 is 10.2 Å². The van der Waals surface area contributed by atoms with E-state index in [1.54, 1.807) is 19.1 Å². The van der Waals surface area contributed by atoms with Crippen LogP contribution in [-0.4, -0.2) is 23.8 Å². The SMILES string of the molecule is COc1cc(/C(C)=N/NC(=O)Cc2cccs2)ccc1O. The van der Waals surface area contributed by atoms with Gasteiger partial charge in [0.25, 0.3) is 0 Å². The second-order valence-corrected chi connectivity index (χ2v) is 5.41. The number of hydrogen-bond acceptors (Lipinski definition) is 5. The largest absolute Gasteiger partial charge is 0.504 e. The molecule has 2 rings (SSSR count). The Hall–Kier alpha value is -2.34. The quantitative estimate of drug-likeness (QED) is 0.659. The van der Waals surface area contributed by atoms with Gasteiger partial charge >= 0.3 is 0 Å². The topological polar surface area (TPSA) is 70.9 Å². The molecule has 1 heterocycles. The summed E-state index contributed by atoms with van der Waals surface area (Å²) in [4.78, 5) is 12.7. The van der Waals surface area contributed by atoms with E-state index in [0.29, 0.717) is 17.9 Å². The summed E-state index contributed by atoms with van der Waals surface area (Å²) in [7, 11) is 1.48. The number of thiophene rings is 1. The van der Waals surface area contributed by atoms with E-state index >= 15 is 0 Å². The van der Waals surface area contributed by atoms with Crippen molar-refractivity contribution in [2.75, 3.05) is 7.11 Å². The molecule has 0 bridgehead atoms. The minimum absolute atomic E-state index is 0.0655. The van der Waals surface area contributed by atoms with E-state index in [4.69, 9.17) is 4.74 Å². The number of hydrazone groups is 1. The summed E-state index contributed by atoms with van der Waals surface area (Å²) in [6.45, 7) is 1.78. The highest BCUT2D eigenvalue weighted by molar-refractivity contribution is 7.10. The molecular weight excluding hydrogens is 288 g/mol. The number of hydrogen-bond donors (Lipinski definition) is 2. The van der Waals surface area contributed by atoms with Gasteiger partial charge in [-0.25, -0.2) is 5.43 Å². The number of aromatic hydroxyl groups is 1. The van der Waals surface area contributed by atoms with Crippen LogP contribution in [0.2, 0.25) is 0 Å². The van der Waals surface area contributed by atoms with Gasteiger partial charge in [0.2, 0.25) is 5.91 Å². The van der Waals surface area contributed by atoms with Crippen molar-refractivity contribution in [3.8, 4) is 11.5 Å². The maximum Gasteiger partial charge on any atom is 0.245 e. The molecule has 1 amide bonds. The van der Waals surface area contributed by atoms with Crippen molar-refractivity contribution in [2.24, 2.45) is 5.10 Å². The Morgan fingerprint density at radius 3 is 2.90 bits per heavy atom. The number of amides is 1. The van der Waals surface area contributed by atoms with Crippen LogP contribution in [0, 0.1) is 0 Å². The number of carbonyl (C=O) groups excluding carboxylic acids is 1. The number of nitrogens with zero attached hydrogens (tertiary/aromatic N) is 1. The number of rotatable bonds is 5. The molecule has 0 fully saturated rings. The lowest BCUT2D eigenvalue weighted by atomic mass is 10.1. The Bertz CT molecular complexity index is 651.